The van der Waals surface area contributed by atoms with E-state index in [1.54, 1.807) is 0 Å². The molecule has 2 aliphatic heterocycles. The van der Waals surface area contributed by atoms with E-state index in [1.807, 2.05) is 18.3 Å². The summed E-state index contributed by atoms with van der Waals surface area (Å²) in [5.41, 5.74) is 3.47. The van der Waals surface area contributed by atoms with E-state index in [-0.39, 0.29) is 6.04 Å². The first kappa shape index (κ1) is 17.5. The molecule has 3 atom stereocenters. The largest absolute Gasteiger partial charge is 0.487 e. The molecule has 1 N–H and O–H groups in total. The normalized spacial score (nSPS) is 25.7. The van der Waals surface area contributed by atoms with Crippen LogP contribution in [0.15, 0.2) is 42.6 Å². The zero-order chi connectivity index (χ0) is 17.9. The molecule has 0 radical (unpaired) electrons. The molecule has 4 rings (SSSR count). The van der Waals surface area contributed by atoms with Gasteiger partial charge in [0.05, 0.1) is 11.7 Å². The van der Waals surface area contributed by atoms with Crippen molar-refractivity contribution in [3.8, 4) is 5.75 Å². The monoisotopic (exact) mass is 351 g/mol. The Balaban J connectivity index is 1.53. The van der Waals surface area contributed by atoms with Crippen LogP contribution in [0.5, 0.6) is 5.75 Å². The van der Waals surface area contributed by atoms with Gasteiger partial charge in [-0.2, -0.15) is 0 Å². The molecule has 0 spiro atoms. The average Bonchev–Trinajstić information content (AvgIpc) is 2.82. The number of ether oxygens (including phenoxy) is 1. The molecule has 2 aliphatic rings. The van der Waals surface area contributed by atoms with Gasteiger partial charge in [0.1, 0.15) is 12.4 Å². The number of para-hydroxylation sites is 1. The Morgan fingerprint density at radius 3 is 2.69 bits per heavy atom. The standard InChI is InChI=1S/C22H29N3O/c1-16-7-5-8-17(2)25(16)14-13-24-22-18-10-6-12-23-20(18)15-26-21-11-4-3-9-19(21)22/h3-4,6,9-12,16-17,22,24H,5,7-8,13-15H2,1-2H3. The van der Waals surface area contributed by atoms with Crippen LogP contribution in [0.25, 0.3) is 0 Å². The number of pyridine rings is 1. The first-order valence-corrected chi connectivity index (χ1v) is 9.88. The van der Waals surface area contributed by atoms with Gasteiger partial charge in [-0.3, -0.25) is 9.88 Å². The molecular formula is C22H29N3O. The van der Waals surface area contributed by atoms with E-state index in [2.05, 4.69) is 53.3 Å². The van der Waals surface area contributed by atoms with E-state index in [0.29, 0.717) is 18.7 Å². The smallest absolute Gasteiger partial charge is 0.131 e. The number of hydrogen-bond donors (Lipinski definition) is 1. The van der Waals surface area contributed by atoms with E-state index >= 15 is 0 Å². The highest BCUT2D eigenvalue weighted by molar-refractivity contribution is 5.44. The summed E-state index contributed by atoms with van der Waals surface area (Å²) in [5, 5.41) is 3.80. The Bertz CT molecular complexity index is 690. The lowest BCUT2D eigenvalue weighted by Crippen LogP contribution is -2.47. The van der Waals surface area contributed by atoms with Gasteiger partial charge in [-0.1, -0.05) is 30.7 Å². The van der Waals surface area contributed by atoms with Crippen molar-refractivity contribution in [2.75, 3.05) is 13.1 Å². The lowest BCUT2D eigenvalue weighted by molar-refractivity contribution is 0.104. The fraction of sp³-hybridized carbons (Fsp3) is 0.500. The molecule has 3 unspecified atom stereocenters. The van der Waals surface area contributed by atoms with Crippen molar-refractivity contribution in [2.45, 2.75) is 57.8 Å². The number of fused-ring (bicyclic) bond motifs is 2. The maximum absolute atomic E-state index is 6.02. The van der Waals surface area contributed by atoms with E-state index in [1.165, 1.54) is 30.4 Å². The second kappa shape index (κ2) is 7.77. The fourth-order valence-electron chi connectivity index (χ4n) is 4.47. The van der Waals surface area contributed by atoms with Crippen molar-refractivity contribution in [1.29, 1.82) is 0 Å². The van der Waals surface area contributed by atoms with Crippen molar-refractivity contribution < 1.29 is 4.74 Å². The second-order valence-electron chi connectivity index (χ2n) is 7.62. The maximum atomic E-state index is 6.02. The quantitative estimate of drug-likeness (QED) is 0.906. The maximum Gasteiger partial charge on any atom is 0.131 e. The minimum absolute atomic E-state index is 0.132. The minimum Gasteiger partial charge on any atom is -0.487 e. The lowest BCUT2D eigenvalue weighted by Gasteiger charge is -2.39. The van der Waals surface area contributed by atoms with Gasteiger partial charge in [-0.05, 0) is 44.4 Å². The van der Waals surface area contributed by atoms with Gasteiger partial charge in [-0.25, -0.2) is 0 Å². The van der Waals surface area contributed by atoms with Gasteiger partial charge in [-0.15, -0.1) is 0 Å². The van der Waals surface area contributed by atoms with Crippen LogP contribution >= 0.6 is 0 Å². The number of aromatic nitrogens is 1. The van der Waals surface area contributed by atoms with Crippen molar-refractivity contribution in [2.24, 2.45) is 0 Å². The molecule has 138 valence electrons. The third-order valence-electron chi connectivity index (χ3n) is 5.93. The fourth-order valence-corrected chi connectivity index (χ4v) is 4.47. The van der Waals surface area contributed by atoms with Crippen LogP contribution in [0.4, 0.5) is 0 Å². The predicted octanol–water partition coefficient (Wildman–Crippen LogP) is 3.92. The number of nitrogens with one attached hydrogen (secondary N) is 1. The first-order chi connectivity index (χ1) is 12.7. The molecule has 1 aromatic heterocycles. The van der Waals surface area contributed by atoms with Crippen molar-refractivity contribution in [1.82, 2.24) is 15.2 Å². The summed E-state index contributed by atoms with van der Waals surface area (Å²) >= 11 is 0. The minimum atomic E-state index is 0.132. The van der Waals surface area contributed by atoms with Crippen LogP contribution < -0.4 is 10.1 Å². The molecule has 26 heavy (non-hydrogen) atoms. The Kier molecular flexibility index (Phi) is 5.23. The molecule has 2 aromatic rings. The molecule has 1 saturated heterocycles. The van der Waals surface area contributed by atoms with E-state index in [4.69, 9.17) is 4.74 Å². The molecule has 0 aliphatic carbocycles. The zero-order valence-corrected chi connectivity index (χ0v) is 15.8. The van der Waals surface area contributed by atoms with E-state index in [0.717, 1.165) is 24.5 Å². The number of rotatable bonds is 4. The topological polar surface area (TPSA) is 37.4 Å². The van der Waals surface area contributed by atoms with Crippen molar-refractivity contribution in [3.63, 3.8) is 0 Å². The summed E-state index contributed by atoms with van der Waals surface area (Å²) in [6.07, 6.45) is 5.85. The zero-order valence-electron chi connectivity index (χ0n) is 15.8. The van der Waals surface area contributed by atoms with Crippen LogP contribution in [-0.2, 0) is 6.61 Å². The summed E-state index contributed by atoms with van der Waals surface area (Å²) < 4.78 is 6.02. The summed E-state index contributed by atoms with van der Waals surface area (Å²) in [6, 6.07) is 14.1. The van der Waals surface area contributed by atoms with E-state index < -0.39 is 0 Å². The Hall–Kier alpha value is -1.91. The van der Waals surface area contributed by atoms with Gasteiger partial charge >= 0.3 is 0 Å². The third kappa shape index (κ3) is 3.49. The summed E-state index contributed by atoms with van der Waals surface area (Å²) in [5.74, 6) is 0.961. The Morgan fingerprint density at radius 2 is 1.85 bits per heavy atom. The number of hydrogen-bond acceptors (Lipinski definition) is 4. The SMILES string of the molecule is CC1CCCC(C)N1CCNC1c2ccccc2OCc2ncccc21. The van der Waals surface area contributed by atoms with Crippen LogP contribution in [0, 0.1) is 0 Å². The predicted molar refractivity (Wildman–Crippen MR) is 104 cm³/mol. The Morgan fingerprint density at radius 1 is 1.08 bits per heavy atom. The summed E-state index contributed by atoms with van der Waals surface area (Å²) in [7, 11) is 0. The third-order valence-corrected chi connectivity index (χ3v) is 5.93. The molecular weight excluding hydrogens is 322 g/mol. The van der Waals surface area contributed by atoms with E-state index in [9.17, 15) is 0 Å². The molecule has 4 heteroatoms. The summed E-state index contributed by atoms with van der Waals surface area (Å²) in [6.45, 7) is 7.30. The Labute approximate surface area is 156 Å². The van der Waals surface area contributed by atoms with Gasteiger partial charge < -0.3 is 10.1 Å². The van der Waals surface area contributed by atoms with Crippen LogP contribution in [0.1, 0.15) is 56.0 Å². The highest BCUT2D eigenvalue weighted by Gasteiger charge is 2.27. The lowest BCUT2D eigenvalue weighted by atomic mass is 9.96. The van der Waals surface area contributed by atoms with Gasteiger partial charge in [0, 0.05) is 36.9 Å². The summed E-state index contributed by atoms with van der Waals surface area (Å²) in [4.78, 5) is 7.21. The number of benzene rings is 1. The van der Waals surface area contributed by atoms with Crippen molar-refractivity contribution >= 4 is 0 Å². The highest BCUT2D eigenvalue weighted by Crippen LogP contribution is 2.34. The average molecular weight is 351 g/mol. The van der Waals surface area contributed by atoms with Crippen LogP contribution in [0.2, 0.25) is 0 Å². The second-order valence-corrected chi connectivity index (χ2v) is 7.62. The molecule has 1 aromatic carbocycles. The van der Waals surface area contributed by atoms with Gasteiger partial charge in [0.25, 0.3) is 0 Å². The van der Waals surface area contributed by atoms with Crippen molar-refractivity contribution in [3.05, 3.63) is 59.4 Å². The highest BCUT2D eigenvalue weighted by atomic mass is 16.5. The molecule has 0 amide bonds. The van der Waals surface area contributed by atoms with Crippen LogP contribution in [-0.4, -0.2) is 35.1 Å². The number of likely N-dealkylation sites (tertiary alicyclic amines) is 1. The number of nitrogens with zero attached hydrogens (tertiary/aromatic N) is 2. The number of piperidine rings is 1. The molecule has 3 heterocycles. The molecule has 0 bridgehead atoms. The molecule has 4 nitrogen and oxygen atoms in total. The van der Waals surface area contributed by atoms with Gasteiger partial charge in [0.2, 0.25) is 0 Å². The molecule has 0 saturated carbocycles. The first-order valence-electron chi connectivity index (χ1n) is 9.88. The van der Waals surface area contributed by atoms with Gasteiger partial charge in [0.15, 0.2) is 0 Å². The molecule has 1 fully saturated rings. The van der Waals surface area contributed by atoms with Crippen LogP contribution in [0.3, 0.4) is 0 Å².